The molecule has 1 N–H and O–H groups in total. The van der Waals surface area contributed by atoms with E-state index in [1.165, 1.54) is 6.92 Å². The van der Waals surface area contributed by atoms with Crippen molar-refractivity contribution in [2.45, 2.75) is 45.8 Å². The molecule has 0 aliphatic carbocycles. The van der Waals surface area contributed by atoms with Gasteiger partial charge >= 0.3 is 0 Å². The first-order valence-corrected chi connectivity index (χ1v) is 8.31. The van der Waals surface area contributed by atoms with Gasteiger partial charge < -0.3 is 9.88 Å². The van der Waals surface area contributed by atoms with E-state index in [2.05, 4.69) is 24.8 Å². The van der Waals surface area contributed by atoms with Gasteiger partial charge in [0.1, 0.15) is 11.6 Å². The molecule has 0 aromatic carbocycles. The van der Waals surface area contributed by atoms with Gasteiger partial charge in [-0.25, -0.2) is 15.0 Å². The number of hydrogen-bond donors (Lipinski definition) is 1. The molecule has 7 nitrogen and oxygen atoms in total. The molecule has 1 aliphatic rings. The van der Waals surface area contributed by atoms with Gasteiger partial charge in [0.15, 0.2) is 0 Å². The Morgan fingerprint density at radius 3 is 2.96 bits per heavy atom. The Hall–Kier alpha value is -2.28. The van der Waals surface area contributed by atoms with Crippen molar-refractivity contribution >= 4 is 5.91 Å². The molecule has 0 spiro atoms. The smallest absolute Gasteiger partial charge is 0.217 e. The van der Waals surface area contributed by atoms with Gasteiger partial charge in [-0.05, 0) is 26.3 Å². The van der Waals surface area contributed by atoms with E-state index >= 15 is 0 Å². The summed E-state index contributed by atoms with van der Waals surface area (Å²) in [5, 5.41) is 2.86. The third kappa shape index (κ3) is 3.62. The van der Waals surface area contributed by atoms with Crippen molar-refractivity contribution in [3.63, 3.8) is 0 Å². The van der Waals surface area contributed by atoms with Crippen molar-refractivity contribution in [1.82, 2.24) is 29.7 Å². The first-order valence-electron chi connectivity index (χ1n) is 8.31. The summed E-state index contributed by atoms with van der Waals surface area (Å²) >= 11 is 0. The highest BCUT2D eigenvalue weighted by Crippen LogP contribution is 2.33. The van der Waals surface area contributed by atoms with Crippen molar-refractivity contribution in [1.29, 1.82) is 0 Å². The zero-order valence-electron chi connectivity index (χ0n) is 14.5. The zero-order valence-corrected chi connectivity index (χ0v) is 14.5. The van der Waals surface area contributed by atoms with Crippen LogP contribution in [-0.4, -0.2) is 36.9 Å². The Kier molecular flexibility index (Phi) is 4.89. The topological polar surface area (TPSA) is 75.9 Å². The molecule has 2 aromatic rings. The minimum absolute atomic E-state index is 0.0437. The van der Waals surface area contributed by atoms with E-state index in [4.69, 9.17) is 4.98 Å². The summed E-state index contributed by atoms with van der Waals surface area (Å²) in [6, 6.07) is 0.243. The fraction of sp³-hybridized carbons (Fsp3) is 0.529. The molecule has 128 valence electrons. The molecule has 0 unspecified atom stereocenters. The van der Waals surface area contributed by atoms with Gasteiger partial charge in [0.2, 0.25) is 5.91 Å². The van der Waals surface area contributed by atoms with Crippen molar-refractivity contribution < 1.29 is 4.79 Å². The Bertz CT molecular complexity index is 726. The van der Waals surface area contributed by atoms with Crippen molar-refractivity contribution in [2.75, 3.05) is 6.54 Å². The number of nitrogens with one attached hydrogen (secondary N) is 1. The summed E-state index contributed by atoms with van der Waals surface area (Å²) in [6.07, 6.45) is 7.84. The molecule has 0 radical (unpaired) electrons. The summed E-state index contributed by atoms with van der Waals surface area (Å²) in [5.41, 5.74) is 2.02. The predicted molar refractivity (Wildman–Crippen MR) is 89.9 cm³/mol. The van der Waals surface area contributed by atoms with Crippen LogP contribution in [0.2, 0.25) is 0 Å². The van der Waals surface area contributed by atoms with Crippen LogP contribution in [0.15, 0.2) is 18.6 Å². The molecule has 2 aromatic heterocycles. The number of carbonyl (C=O) groups is 1. The number of hydrogen-bond acceptors (Lipinski definition) is 5. The molecular formula is C17H24N6O. The van der Waals surface area contributed by atoms with Gasteiger partial charge in [-0.2, -0.15) is 0 Å². The van der Waals surface area contributed by atoms with Crippen molar-refractivity contribution in [3.05, 3.63) is 41.5 Å². The van der Waals surface area contributed by atoms with Crippen LogP contribution in [0, 0.1) is 6.92 Å². The van der Waals surface area contributed by atoms with Crippen molar-refractivity contribution in [2.24, 2.45) is 7.05 Å². The van der Waals surface area contributed by atoms with Crippen LogP contribution in [0.4, 0.5) is 0 Å². The minimum Gasteiger partial charge on any atom is -0.352 e. The Morgan fingerprint density at radius 2 is 2.25 bits per heavy atom. The molecule has 1 aliphatic heterocycles. The fourth-order valence-electron chi connectivity index (χ4n) is 3.21. The first-order chi connectivity index (χ1) is 11.5. The summed E-state index contributed by atoms with van der Waals surface area (Å²) in [5.74, 6) is 1.77. The molecule has 1 saturated heterocycles. The summed E-state index contributed by atoms with van der Waals surface area (Å²) in [7, 11) is 2.02. The molecule has 0 saturated carbocycles. The van der Waals surface area contributed by atoms with E-state index in [1.54, 1.807) is 0 Å². The molecule has 3 heterocycles. The lowest BCUT2D eigenvalue weighted by atomic mass is 10.1. The highest BCUT2D eigenvalue weighted by molar-refractivity contribution is 5.72. The van der Waals surface area contributed by atoms with E-state index in [-0.39, 0.29) is 11.9 Å². The lowest BCUT2D eigenvalue weighted by Gasteiger charge is -2.25. The van der Waals surface area contributed by atoms with Crippen LogP contribution in [0.5, 0.6) is 0 Å². The van der Waals surface area contributed by atoms with E-state index in [9.17, 15) is 4.79 Å². The van der Waals surface area contributed by atoms with Crippen LogP contribution >= 0.6 is 0 Å². The minimum atomic E-state index is -0.0437. The van der Waals surface area contributed by atoms with Gasteiger partial charge in [-0.3, -0.25) is 9.69 Å². The Labute approximate surface area is 142 Å². The second-order valence-corrected chi connectivity index (χ2v) is 6.32. The maximum atomic E-state index is 11.3. The van der Waals surface area contributed by atoms with Crippen LogP contribution in [0.3, 0.4) is 0 Å². The second-order valence-electron chi connectivity index (χ2n) is 6.32. The number of nitrogens with zero attached hydrogens (tertiary/aromatic N) is 5. The number of carbonyl (C=O) groups excluding carboxylic acids is 1. The van der Waals surface area contributed by atoms with E-state index < -0.39 is 0 Å². The number of imidazole rings is 1. The molecule has 24 heavy (non-hydrogen) atoms. The maximum Gasteiger partial charge on any atom is 0.217 e. The fourth-order valence-corrected chi connectivity index (χ4v) is 3.21. The van der Waals surface area contributed by atoms with Crippen LogP contribution in [0.1, 0.15) is 48.7 Å². The normalized spacial score (nSPS) is 18.0. The lowest BCUT2D eigenvalue weighted by molar-refractivity contribution is -0.119. The molecule has 1 atom stereocenters. The maximum absolute atomic E-state index is 11.3. The third-order valence-electron chi connectivity index (χ3n) is 4.49. The van der Waals surface area contributed by atoms with Crippen molar-refractivity contribution in [3.8, 4) is 0 Å². The molecule has 1 fully saturated rings. The lowest BCUT2D eigenvalue weighted by Crippen LogP contribution is -2.28. The average Bonchev–Trinajstić information content (AvgIpc) is 3.16. The molecular weight excluding hydrogens is 304 g/mol. The number of aromatic nitrogens is 4. The molecule has 7 heteroatoms. The van der Waals surface area contributed by atoms with Gasteiger partial charge in [-0.1, -0.05) is 0 Å². The van der Waals surface area contributed by atoms with E-state index in [0.717, 1.165) is 48.8 Å². The number of amides is 1. The largest absolute Gasteiger partial charge is 0.352 e. The molecule has 1 amide bonds. The SMILES string of the molecule is CC(=O)NCc1cnc(C)nc1[C@H]1CCCN1Cc1nccn1C. The number of likely N-dealkylation sites (tertiary alicyclic amines) is 1. The third-order valence-corrected chi connectivity index (χ3v) is 4.49. The van der Waals surface area contributed by atoms with Crippen LogP contribution < -0.4 is 5.32 Å². The first kappa shape index (κ1) is 16.6. The summed E-state index contributed by atoms with van der Waals surface area (Å²) in [6.45, 7) is 5.73. The average molecular weight is 328 g/mol. The van der Waals surface area contributed by atoms with E-state index in [1.807, 2.05) is 32.6 Å². The zero-order chi connectivity index (χ0) is 17.1. The van der Waals surface area contributed by atoms with Crippen LogP contribution in [0.25, 0.3) is 0 Å². The Morgan fingerprint density at radius 1 is 1.42 bits per heavy atom. The van der Waals surface area contributed by atoms with Gasteiger partial charge in [-0.15, -0.1) is 0 Å². The summed E-state index contributed by atoms with van der Waals surface area (Å²) < 4.78 is 2.05. The van der Waals surface area contributed by atoms with Crippen LogP contribution in [-0.2, 0) is 24.9 Å². The number of rotatable bonds is 5. The number of aryl methyl sites for hydroxylation is 2. The standard InChI is InChI=1S/C17H24N6O/c1-12-19-9-14(10-20-13(2)24)17(21-12)15-5-4-7-23(15)11-16-18-6-8-22(16)3/h6,8-9,15H,4-5,7,10-11H2,1-3H3,(H,20,24)/t15-/m1/s1. The molecule has 0 bridgehead atoms. The second kappa shape index (κ2) is 7.09. The molecule has 3 rings (SSSR count). The highest BCUT2D eigenvalue weighted by atomic mass is 16.1. The van der Waals surface area contributed by atoms with Gasteiger partial charge in [0.25, 0.3) is 0 Å². The predicted octanol–water partition coefficient (Wildman–Crippen LogP) is 1.49. The Balaban J connectivity index is 1.84. The highest BCUT2D eigenvalue weighted by Gasteiger charge is 2.30. The van der Waals surface area contributed by atoms with Gasteiger partial charge in [0.05, 0.1) is 18.3 Å². The van der Waals surface area contributed by atoms with Gasteiger partial charge in [0, 0.05) is 44.7 Å². The quantitative estimate of drug-likeness (QED) is 0.900. The van der Waals surface area contributed by atoms with E-state index in [0.29, 0.717) is 6.54 Å². The monoisotopic (exact) mass is 328 g/mol. The summed E-state index contributed by atoms with van der Waals surface area (Å²) in [4.78, 5) is 27.1.